The molecule has 2 N–H and O–H groups in total. The van der Waals surface area contributed by atoms with Gasteiger partial charge in [0.1, 0.15) is 0 Å². The summed E-state index contributed by atoms with van der Waals surface area (Å²) < 4.78 is 0. The molecule has 2 atom stereocenters. The van der Waals surface area contributed by atoms with Crippen LogP contribution in [0.25, 0.3) is 22.2 Å². The van der Waals surface area contributed by atoms with Crippen molar-refractivity contribution < 1.29 is 30.3 Å². The SMILES string of the molecule is CC(C)CC(O)CC(O)CC(C)C.Cc1[c-]c2c(c(C)c1)CCc1cc3c([Si](C(C)C)(C(C)C)C(C)C)cccc3nc1-2.[Ir]. The largest absolute Gasteiger partial charge is 0.393 e. The summed E-state index contributed by atoms with van der Waals surface area (Å²) in [5.74, 6) is 1.00. The fraction of sp³-hybridized carbons (Fsp3) is 0.615. The van der Waals surface area contributed by atoms with Crippen molar-refractivity contribution in [2.24, 2.45) is 11.8 Å². The van der Waals surface area contributed by atoms with Crippen molar-refractivity contribution in [3.8, 4) is 11.3 Å². The number of rotatable bonds is 10. The zero-order valence-corrected chi connectivity index (χ0v) is 33.0. The van der Waals surface area contributed by atoms with Crippen LogP contribution in [0.3, 0.4) is 0 Å². The van der Waals surface area contributed by atoms with E-state index in [1.54, 1.807) is 5.19 Å². The van der Waals surface area contributed by atoms with Crippen LogP contribution < -0.4 is 5.19 Å². The summed E-state index contributed by atoms with van der Waals surface area (Å²) in [6.07, 6.45) is 3.60. The zero-order chi connectivity index (χ0) is 32.2. The van der Waals surface area contributed by atoms with E-state index in [4.69, 9.17) is 4.98 Å². The fourth-order valence-electron chi connectivity index (χ4n) is 8.25. The predicted molar refractivity (Wildman–Crippen MR) is 189 cm³/mol. The molecule has 1 heterocycles. The van der Waals surface area contributed by atoms with Crippen molar-refractivity contribution in [2.45, 2.75) is 144 Å². The summed E-state index contributed by atoms with van der Waals surface area (Å²) in [6, 6.07) is 15.3. The smallest absolute Gasteiger partial charge is 0.0951 e. The fourth-order valence-corrected chi connectivity index (χ4v) is 15.2. The number of hydrogen-bond acceptors (Lipinski definition) is 3. The second-order valence-electron chi connectivity index (χ2n) is 15.1. The molecule has 0 fully saturated rings. The number of aliphatic hydroxyl groups excluding tert-OH is 2. The van der Waals surface area contributed by atoms with Gasteiger partial charge in [0.2, 0.25) is 0 Å². The van der Waals surface area contributed by atoms with E-state index in [0.29, 0.717) is 34.9 Å². The number of nitrogens with zero attached hydrogens (tertiary/aromatic N) is 1. The van der Waals surface area contributed by atoms with E-state index in [1.165, 1.54) is 38.9 Å². The van der Waals surface area contributed by atoms with Gasteiger partial charge in [0.25, 0.3) is 0 Å². The van der Waals surface area contributed by atoms with Gasteiger partial charge in [-0.25, -0.2) is 0 Å². The summed E-state index contributed by atoms with van der Waals surface area (Å²) in [6.45, 7) is 27.4. The van der Waals surface area contributed by atoms with Gasteiger partial charge in [-0.05, 0) is 76.5 Å². The van der Waals surface area contributed by atoms with Gasteiger partial charge in [-0.2, -0.15) is 0 Å². The van der Waals surface area contributed by atoms with Crippen molar-refractivity contribution in [1.82, 2.24) is 4.98 Å². The quantitative estimate of drug-likeness (QED) is 0.159. The minimum Gasteiger partial charge on any atom is -0.393 e. The van der Waals surface area contributed by atoms with E-state index in [1.807, 2.05) is 0 Å². The molecule has 2 aromatic carbocycles. The monoisotopic (exact) mass is 795 g/mol. The second kappa shape index (κ2) is 16.5. The van der Waals surface area contributed by atoms with Crippen molar-refractivity contribution >= 4 is 24.2 Å². The molecular formula is C39H60IrNO2Si-. The minimum atomic E-state index is -1.75. The van der Waals surface area contributed by atoms with Gasteiger partial charge in [-0.15, -0.1) is 34.4 Å². The molecule has 0 amide bonds. The molecular weight excluding hydrogens is 735 g/mol. The first kappa shape index (κ1) is 38.8. The van der Waals surface area contributed by atoms with Crippen molar-refractivity contribution in [3.05, 3.63) is 58.7 Å². The number of pyridine rings is 1. The van der Waals surface area contributed by atoms with Crippen LogP contribution in [-0.4, -0.2) is 35.5 Å². The van der Waals surface area contributed by atoms with Gasteiger partial charge in [0.15, 0.2) is 0 Å². The van der Waals surface area contributed by atoms with Crippen LogP contribution >= 0.6 is 0 Å². The number of benzene rings is 2. The molecule has 1 aliphatic rings. The number of fused-ring (bicyclic) bond motifs is 4. The summed E-state index contributed by atoms with van der Waals surface area (Å²) in [7, 11) is -1.75. The van der Waals surface area contributed by atoms with Crippen LogP contribution in [0.4, 0.5) is 0 Å². The Balaban J connectivity index is 0.000000412. The second-order valence-corrected chi connectivity index (χ2v) is 20.9. The number of hydrogen-bond donors (Lipinski definition) is 2. The third-order valence-electron chi connectivity index (χ3n) is 9.72. The first-order valence-corrected chi connectivity index (χ1v) is 19.1. The van der Waals surface area contributed by atoms with Crippen LogP contribution in [0.15, 0.2) is 30.3 Å². The van der Waals surface area contributed by atoms with Crippen molar-refractivity contribution in [3.63, 3.8) is 0 Å². The summed E-state index contributed by atoms with van der Waals surface area (Å²) in [5.41, 5.74) is 11.1. The van der Waals surface area contributed by atoms with E-state index < -0.39 is 8.07 Å². The van der Waals surface area contributed by atoms with Gasteiger partial charge >= 0.3 is 0 Å². The van der Waals surface area contributed by atoms with E-state index in [9.17, 15) is 10.2 Å². The minimum absolute atomic E-state index is 0. The zero-order valence-electron chi connectivity index (χ0n) is 29.6. The van der Waals surface area contributed by atoms with E-state index in [-0.39, 0.29) is 32.3 Å². The van der Waals surface area contributed by atoms with Gasteiger partial charge < -0.3 is 10.2 Å². The maximum Gasteiger partial charge on any atom is 0.0951 e. The molecule has 0 saturated heterocycles. The van der Waals surface area contributed by atoms with Gasteiger partial charge in [0, 0.05) is 20.1 Å². The van der Waals surface area contributed by atoms with Gasteiger partial charge in [-0.1, -0.05) is 113 Å². The van der Waals surface area contributed by atoms with Gasteiger partial charge in [-0.3, -0.25) is 4.98 Å². The molecule has 3 nitrogen and oxygen atoms in total. The Morgan fingerprint density at radius 1 is 0.773 bits per heavy atom. The molecule has 0 saturated carbocycles. The molecule has 1 aromatic heterocycles. The molecule has 0 spiro atoms. The molecule has 2 unspecified atom stereocenters. The molecule has 0 aliphatic heterocycles. The molecule has 0 bridgehead atoms. The molecule has 44 heavy (non-hydrogen) atoms. The van der Waals surface area contributed by atoms with E-state index in [2.05, 4.69) is 119 Å². The topological polar surface area (TPSA) is 53.4 Å². The Kier molecular flexibility index (Phi) is 14.5. The molecule has 1 aliphatic carbocycles. The van der Waals surface area contributed by atoms with Crippen LogP contribution in [0, 0.1) is 31.7 Å². The molecule has 247 valence electrons. The maximum absolute atomic E-state index is 9.54. The Hall–Kier alpha value is -1.36. The van der Waals surface area contributed by atoms with Crippen LogP contribution in [0.1, 0.15) is 111 Å². The third-order valence-corrected chi connectivity index (χ3v) is 16.8. The number of aliphatic hydroxyl groups is 2. The first-order chi connectivity index (χ1) is 20.1. The van der Waals surface area contributed by atoms with E-state index in [0.717, 1.165) is 31.2 Å². The normalized spacial score (nSPS) is 14.4. The third kappa shape index (κ3) is 8.71. The maximum atomic E-state index is 9.54. The predicted octanol–water partition coefficient (Wildman–Crippen LogP) is 9.49. The average molecular weight is 795 g/mol. The van der Waals surface area contributed by atoms with Crippen molar-refractivity contribution in [2.75, 3.05) is 0 Å². The van der Waals surface area contributed by atoms with Crippen LogP contribution in [0.2, 0.25) is 16.6 Å². The van der Waals surface area contributed by atoms with Gasteiger partial charge in [0.05, 0.1) is 25.8 Å². The van der Waals surface area contributed by atoms with Crippen LogP contribution in [0.5, 0.6) is 0 Å². The average Bonchev–Trinajstić information content (AvgIpc) is 2.86. The summed E-state index contributed by atoms with van der Waals surface area (Å²) >= 11 is 0. The first-order valence-electron chi connectivity index (χ1n) is 16.9. The van der Waals surface area contributed by atoms with Crippen LogP contribution in [-0.2, 0) is 32.9 Å². The molecule has 1 radical (unpaired) electrons. The Morgan fingerprint density at radius 2 is 1.32 bits per heavy atom. The Bertz CT molecular complexity index is 1330. The number of aromatic nitrogens is 1. The molecule has 4 rings (SSSR count). The van der Waals surface area contributed by atoms with Crippen molar-refractivity contribution in [1.29, 1.82) is 0 Å². The Morgan fingerprint density at radius 3 is 1.82 bits per heavy atom. The Labute approximate surface area is 284 Å². The standard InChI is InChI=1S/C28H36NSi.C11H24O2.Ir/c1-17(2)30(18(3)4,19(5)6)27-11-9-10-26-25(27)16-22-12-13-23-21(8)14-20(7)15-24(23)28(22)29-26;1-8(2)5-10(12)7-11(13)6-9(3)4;/h9-11,14,16-19H,12-13H2,1-8H3;8-13H,5-7H2,1-4H3;/q-1;;. The summed E-state index contributed by atoms with van der Waals surface area (Å²) in [5, 5.41) is 22.1. The molecule has 3 aromatic rings. The van der Waals surface area contributed by atoms with E-state index >= 15 is 0 Å². The number of aryl methyl sites for hydroxylation is 3. The molecule has 5 heteroatoms. The summed E-state index contributed by atoms with van der Waals surface area (Å²) in [4.78, 5) is 5.28.